The van der Waals surface area contributed by atoms with E-state index in [1.165, 1.54) is 50.5 Å². The maximum atomic E-state index is 11.9. The molecule has 4 heterocycles. The van der Waals surface area contributed by atoms with Crippen molar-refractivity contribution in [2.24, 2.45) is 0 Å². The molecule has 5 nitrogen and oxygen atoms in total. The van der Waals surface area contributed by atoms with Crippen LogP contribution in [0.4, 0.5) is 0 Å². The molecule has 0 radical (unpaired) electrons. The number of hydrogen-bond donors (Lipinski definition) is 0. The molecule has 0 aromatic rings. The zero-order valence-electron chi connectivity index (χ0n) is 15.0. The normalized spacial score (nSPS) is 20.3. The second-order valence-corrected chi connectivity index (χ2v) is 12.8. The smallest absolute Gasteiger partial charge is 0.346 e. The van der Waals surface area contributed by atoms with Gasteiger partial charge in [0.1, 0.15) is 9.81 Å². The van der Waals surface area contributed by atoms with Gasteiger partial charge in [-0.05, 0) is 24.3 Å². The minimum Gasteiger partial charge on any atom is -0.473 e. The Morgan fingerprint density at radius 3 is 1.72 bits per heavy atom. The zero-order valence-corrected chi connectivity index (χ0v) is 19.9. The van der Waals surface area contributed by atoms with Crippen molar-refractivity contribution < 1.29 is 23.8 Å². The number of carbonyl (C=O) groups is 2. The van der Waals surface area contributed by atoms with Crippen LogP contribution in [0.1, 0.15) is 0 Å². The summed E-state index contributed by atoms with van der Waals surface area (Å²) in [6, 6.07) is 0. The molecule has 0 amide bonds. The summed E-state index contributed by atoms with van der Waals surface area (Å²) in [5.74, 6) is -1.07. The molecule has 0 saturated heterocycles. The van der Waals surface area contributed by atoms with Crippen molar-refractivity contribution in [3.8, 4) is 0 Å². The average Bonchev–Trinajstić information content (AvgIpc) is 3.44. The van der Waals surface area contributed by atoms with Gasteiger partial charge in [0, 0.05) is 5.57 Å². The molecule has 11 heteroatoms. The molecule has 0 atom stereocenters. The van der Waals surface area contributed by atoms with Gasteiger partial charge in [0.05, 0.1) is 47.9 Å². The Bertz CT molecular complexity index is 932. The maximum Gasteiger partial charge on any atom is 0.346 e. The van der Waals surface area contributed by atoms with E-state index < -0.39 is 11.9 Å². The summed E-state index contributed by atoms with van der Waals surface area (Å²) in [5.41, 5.74) is 1.16. The zero-order chi connectivity index (χ0) is 20.4. The van der Waals surface area contributed by atoms with Crippen molar-refractivity contribution in [2.45, 2.75) is 0 Å². The molecule has 0 aromatic heterocycles. The van der Waals surface area contributed by atoms with Gasteiger partial charge in [-0.15, -0.1) is 0 Å². The molecule has 0 aliphatic carbocycles. The van der Waals surface area contributed by atoms with Crippen LogP contribution in [-0.4, -0.2) is 26.2 Å². The van der Waals surface area contributed by atoms with E-state index in [2.05, 4.69) is 0 Å². The van der Waals surface area contributed by atoms with Gasteiger partial charge >= 0.3 is 11.9 Å². The molecule has 0 bridgehead atoms. The number of thioether (sulfide) groups is 6. The van der Waals surface area contributed by atoms with Gasteiger partial charge in [0.15, 0.2) is 0 Å². The fourth-order valence-corrected chi connectivity index (χ4v) is 10.7. The lowest BCUT2D eigenvalue weighted by atomic mass is 10.3. The second kappa shape index (κ2) is 9.44. The number of esters is 2. The molecule has 0 N–H and O–H groups in total. The molecule has 4 aliphatic heterocycles. The van der Waals surface area contributed by atoms with Crippen LogP contribution in [0.25, 0.3) is 0 Å². The minimum atomic E-state index is -0.534. The predicted octanol–water partition coefficient (Wildman–Crippen LogP) is 6.06. The molecule has 150 valence electrons. The highest BCUT2D eigenvalue weighted by Gasteiger charge is 2.33. The number of hydrogen-bond acceptors (Lipinski definition) is 11. The maximum absolute atomic E-state index is 11.9. The van der Waals surface area contributed by atoms with Crippen molar-refractivity contribution in [1.82, 2.24) is 0 Å². The highest BCUT2D eigenvalue weighted by atomic mass is 32.3. The number of ether oxygens (including phenoxy) is 3. The lowest BCUT2D eigenvalue weighted by Crippen LogP contribution is -2.08. The van der Waals surface area contributed by atoms with Gasteiger partial charge in [-0.3, -0.25) is 0 Å². The summed E-state index contributed by atoms with van der Waals surface area (Å²) in [6.45, 7) is 0. The molecule has 0 unspecified atom stereocenters. The summed E-state index contributed by atoms with van der Waals surface area (Å²) in [7, 11) is 2.59. The number of rotatable bonds is 3. The first kappa shape index (κ1) is 21.3. The molecule has 4 aliphatic rings. The van der Waals surface area contributed by atoms with E-state index in [0.29, 0.717) is 0 Å². The number of carbonyl (C=O) groups excluding carboxylic acids is 2. The first-order chi connectivity index (χ1) is 14.1. The van der Waals surface area contributed by atoms with E-state index in [4.69, 9.17) is 14.2 Å². The topological polar surface area (TPSA) is 61.8 Å². The van der Waals surface area contributed by atoms with Crippen molar-refractivity contribution in [3.63, 3.8) is 0 Å². The van der Waals surface area contributed by atoms with E-state index in [9.17, 15) is 9.59 Å². The third-order valence-electron chi connectivity index (χ3n) is 3.52. The van der Waals surface area contributed by atoms with E-state index in [-0.39, 0.29) is 9.81 Å². The molecule has 0 saturated carbocycles. The number of methoxy groups -OCH3 is 2. The lowest BCUT2D eigenvalue weighted by Gasteiger charge is -2.07. The largest absolute Gasteiger partial charge is 0.473 e. The lowest BCUT2D eigenvalue weighted by molar-refractivity contribution is -0.138. The van der Waals surface area contributed by atoms with Crippen molar-refractivity contribution in [1.29, 1.82) is 0 Å². The summed E-state index contributed by atoms with van der Waals surface area (Å²) in [5, 5.41) is 0. The Hall–Kier alpha value is -0.980. The van der Waals surface area contributed by atoms with Crippen LogP contribution >= 0.6 is 70.6 Å². The van der Waals surface area contributed by atoms with Gasteiger partial charge in [0.2, 0.25) is 0 Å². The van der Waals surface area contributed by atoms with E-state index in [0.717, 1.165) is 14.0 Å². The second-order valence-electron chi connectivity index (χ2n) is 5.28. The fourth-order valence-electron chi connectivity index (χ4n) is 2.22. The summed E-state index contributed by atoms with van der Waals surface area (Å²) in [6.07, 6.45) is 11.2. The highest BCUT2D eigenvalue weighted by Crippen LogP contribution is 2.67. The molecule has 0 aromatic carbocycles. The molecule has 0 spiro atoms. The predicted molar refractivity (Wildman–Crippen MR) is 126 cm³/mol. The molecule has 29 heavy (non-hydrogen) atoms. The SMILES string of the molecule is COC(=O)C1=C(C(=O)OC)SC(=CC=C2SC3=C(S2)SC(=C2C=COC=C2)S3)S1. The van der Waals surface area contributed by atoms with Crippen molar-refractivity contribution in [2.75, 3.05) is 14.2 Å². The first-order valence-electron chi connectivity index (χ1n) is 7.96. The minimum absolute atomic E-state index is 0.265. The van der Waals surface area contributed by atoms with Gasteiger partial charge in [-0.2, -0.15) is 0 Å². The Morgan fingerprint density at radius 1 is 0.759 bits per heavy atom. The van der Waals surface area contributed by atoms with E-state index in [1.807, 2.05) is 24.3 Å². The Kier molecular flexibility index (Phi) is 6.92. The average molecular weight is 501 g/mol. The van der Waals surface area contributed by atoms with E-state index >= 15 is 0 Å². The summed E-state index contributed by atoms with van der Waals surface area (Å²) >= 11 is 9.44. The molecular weight excluding hydrogens is 489 g/mol. The van der Waals surface area contributed by atoms with Crippen LogP contribution in [0.3, 0.4) is 0 Å². The monoisotopic (exact) mass is 500 g/mol. The Balaban J connectivity index is 1.42. The fraction of sp³-hybridized carbons (Fsp3) is 0.111. The third-order valence-corrected chi connectivity index (χ3v) is 11.6. The first-order valence-corrected chi connectivity index (χ1v) is 12.9. The van der Waals surface area contributed by atoms with Crippen LogP contribution in [-0.2, 0) is 23.8 Å². The van der Waals surface area contributed by atoms with Crippen LogP contribution in [0.5, 0.6) is 0 Å². The summed E-state index contributed by atoms with van der Waals surface area (Å²) < 4.78 is 20.4. The third kappa shape index (κ3) is 4.70. The highest BCUT2D eigenvalue weighted by molar-refractivity contribution is 8.48. The van der Waals surface area contributed by atoms with Gasteiger partial charge in [0.25, 0.3) is 0 Å². The van der Waals surface area contributed by atoms with Gasteiger partial charge < -0.3 is 14.2 Å². The Morgan fingerprint density at radius 2 is 1.24 bits per heavy atom. The Labute approximate surface area is 192 Å². The van der Waals surface area contributed by atoms with Crippen LogP contribution in [0.2, 0.25) is 0 Å². The number of allylic oxidation sites excluding steroid dienone is 5. The quantitative estimate of drug-likeness (QED) is 0.425. The van der Waals surface area contributed by atoms with Crippen LogP contribution in [0.15, 0.2) is 73.4 Å². The van der Waals surface area contributed by atoms with E-state index in [1.54, 1.807) is 59.6 Å². The molecular formula is C18H12O5S6. The van der Waals surface area contributed by atoms with Crippen LogP contribution < -0.4 is 0 Å². The standard InChI is InChI=1S/C18H12O5S6/c1-21-14(19)12-13(15(20)22-2)25-10(24-12)3-4-11-26-17-18(27-11)29-16(28-17)9-5-7-23-8-6-9/h3-8H,1-2H3. The van der Waals surface area contributed by atoms with Gasteiger partial charge in [-0.25, -0.2) is 9.59 Å². The van der Waals surface area contributed by atoms with Crippen molar-refractivity contribution in [3.05, 3.63) is 73.4 Å². The summed E-state index contributed by atoms with van der Waals surface area (Å²) in [4.78, 5) is 24.4. The van der Waals surface area contributed by atoms with Gasteiger partial charge in [-0.1, -0.05) is 70.6 Å². The molecule has 0 fully saturated rings. The van der Waals surface area contributed by atoms with Crippen LogP contribution in [0, 0.1) is 0 Å². The molecule has 4 rings (SSSR count). The van der Waals surface area contributed by atoms with Crippen molar-refractivity contribution >= 4 is 82.5 Å².